The van der Waals surface area contributed by atoms with Crippen LogP contribution in [0.4, 0.5) is 0 Å². The smallest absolute Gasteiger partial charge is 0.239 e. The van der Waals surface area contributed by atoms with E-state index in [9.17, 15) is 9.59 Å². The Morgan fingerprint density at radius 2 is 1.54 bits per heavy atom. The Balaban J connectivity index is 1.54. The first-order chi connectivity index (χ1) is 11.5. The van der Waals surface area contributed by atoms with Gasteiger partial charge in [-0.05, 0) is 25.7 Å². The van der Waals surface area contributed by atoms with Crippen LogP contribution in [0, 0.1) is 5.92 Å². The predicted molar refractivity (Wildman–Crippen MR) is 93.6 cm³/mol. The second kappa shape index (κ2) is 7.40. The zero-order valence-electron chi connectivity index (χ0n) is 15.4. The van der Waals surface area contributed by atoms with Crippen molar-refractivity contribution >= 4 is 11.8 Å². The third-order valence-corrected chi connectivity index (χ3v) is 6.15. The summed E-state index contributed by atoms with van der Waals surface area (Å²) in [7, 11) is 0. The molecule has 0 aromatic rings. The SMILES string of the molecule is CC(=O)N1CCN(C2CN(C(C)C(=O)N3CCCC3)CC2C)CC1. The number of likely N-dealkylation sites (tertiary alicyclic amines) is 2. The molecule has 3 fully saturated rings. The Hall–Kier alpha value is -1.14. The molecular formula is C18H32N4O2. The van der Waals surface area contributed by atoms with Gasteiger partial charge in [-0.1, -0.05) is 6.92 Å². The van der Waals surface area contributed by atoms with Gasteiger partial charge in [0.15, 0.2) is 0 Å². The number of hydrogen-bond acceptors (Lipinski definition) is 4. The topological polar surface area (TPSA) is 47.1 Å². The molecule has 2 amide bonds. The van der Waals surface area contributed by atoms with Gasteiger partial charge < -0.3 is 9.80 Å². The Kier molecular flexibility index (Phi) is 5.45. The van der Waals surface area contributed by atoms with Gasteiger partial charge in [0.2, 0.25) is 11.8 Å². The molecule has 3 rings (SSSR count). The van der Waals surface area contributed by atoms with Gasteiger partial charge in [0.1, 0.15) is 0 Å². The molecule has 3 aliphatic heterocycles. The summed E-state index contributed by atoms with van der Waals surface area (Å²) < 4.78 is 0. The largest absolute Gasteiger partial charge is 0.341 e. The maximum absolute atomic E-state index is 12.7. The normalized spacial score (nSPS) is 30.8. The minimum absolute atomic E-state index is 0.00550. The number of nitrogens with zero attached hydrogens (tertiary/aromatic N) is 4. The second-order valence-electron chi connectivity index (χ2n) is 7.75. The first kappa shape index (κ1) is 17.7. The summed E-state index contributed by atoms with van der Waals surface area (Å²) in [5, 5.41) is 0. The lowest BCUT2D eigenvalue weighted by molar-refractivity contribution is -0.135. The molecule has 3 aliphatic rings. The van der Waals surface area contributed by atoms with Gasteiger partial charge in [-0.15, -0.1) is 0 Å². The van der Waals surface area contributed by atoms with Gasteiger partial charge in [-0.3, -0.25) is 19.4 Å². The van der Waals surface area contributed by atoms with Gasteiger partial charge in [-0.25, -0.2) is 0 Å². The van der Waals surface area contributed by atoms with Gasteiger partial charge in [0, 0.05) is 65.3 Å². The molecule has 3 unspecified atom stereocenters. The van der Waals surface area contributed by atoms with Crippen molar-refractivity contribution in [1.82, 2.24) is 19.6 Å². The number of amides is 2. The molecule has 0 spiro atoms. The van der Waals surface area contributed by atoms with E-state index in [-0.39, 0.29) is 11.9 Å². The Morgan fingerprint density at radius 3 is 2.12 bits per heavy atom. The first-order valence-corrected chi connectivity index (χ1v) is 9.49. The van der Waals surface area contributed by atoms with Crippen LogP contribution in [-0.4, -0.2) is 95.9 Å². The summed E-state index contributed by atoms with van der Waals surface area (Å²) in [6.45, 7) is 13.4. The van der Waals surface area contributed by atoms with Crippen molar-refractivity contribution in [3.63, 3.8) is 0 Å². The maximum Gasteiger partial charge on any atom is 0.239 e. The van der Waals surface area contributed by atoms with Crippen LogP contribution < -0.4 is 0 Å². The minimum atomic E-state index is -0.00550. The maximum atomic E-state index is 12.7. The average Bonchev–Trinajstić information content (AvgIpc) is 3.23. The summed E-state index contributed by atoms with van der Waals surface area (Å²) in [5.41, 5.74) is 0. The van der Waals surface area contributed by atoms with Gasteiger partial charge >= 0.3 is 0 Å². The van der Waals surface area contributed by atoms with Crippen LogP contribution in [0.1, 0.15) is 33.6 Å². The quantitative estimate of drug-likeness (QED) is 0.752. The fraction of sp³-hybridized carbons (Fsp3) is 0.889. The average molecular weight is 336 g/mol. The zero-order valence-corrected chi connectivity index (χ0v) is 15.4. The molecule has 3 atom stereocenters. The minimum Gasteiger partial charge on any atom is -0.341 e. The molecular weight excluding hydrogens is 304 g/mol. The van der Waals surface area contributed by atoms with Crippen molar-refractivity contribution in [2.24, 2.45) is 5.92 Å². The van der Waals surface area contributed by atoms with Crippen LogP contribution in [0.2, 0.25) is 0 Å². The number of rotatable bonds is 3. The van der Waals surface area contributed by atoms with E-state index >= 15 is 0 Å². The van der Waals surface area contributed by atoms with Crippen LogP contribution in [-0.2, 0) is 9.59 Å². The van der Waals surface area contributed by atoms with Gasteiger partial charge in [0.25, 0.3) is 0 Å². The lowest BCUT2D eigenvalue weighted by Crippen LogP contribution is -2.53. The highest BCUT2D eigenvalue weighted by Crippen LogP contribution is 2.25. The fourth-order valence-corrected chi connectivity index (χ4v) is 4.50. The number of piperazine rings is 1. The van der Waals surface area contributed by atoms with E-state index in [4.69, 9.17) is 0 Å². The van der Waals surface area contributed by atoms with Crippen LogP contribution >= 0.6 is 0 Å². The molecule has 6 nitrogen and oxygen atoms in total. The van der Waals surface area contributed by atoms with E-state index in [1.165, 1.54) is 0 Å². The molecule has 3 saturated heterocycles. The van der Waals surface area contributed by atoms with Crippen molar-refractivity contribution < 1.29 is 9.59 Å². The summed E-state index contributed by atoms with van der Waals surface area (Å²) in [5.74, 6) is 1.06. The second-order valence-corrected chi connectivity index (χ2v) is 7.75. The molecule has 0 N–H and O–H groups in total. The summed E-state index contributed by atoms with van der Waals surface area (Å²) >= 11 is 0. The van der Waals surface area contributed by atoms with Gasteiger partial charge in [-0.2, -0.15) is 0 Å². The number of carbonyl (C=O) groups is 2. The molecule has 0 radical (unpaired) electrons. The van der Waals surface area contributed by atoms with Crippen molar-refractivity contribution in [2.75, 3.05) is 52.4 Å². The molecule has 6 heteroatoms. The van der Waals surface area contributed by atoms with Gasteiger partial charge in [0.05, 0.1) is 6.04 Å². The Labute approximate surface area is 145 Å². The third-order valence-electron chi connectivity index (χ3n) is 6.15. The van der Waals surface area contributed by atoms with E-state index in [1.54, 1.807) is 6.92 Å². The molecule has 24 heavy (non-hydrogen) atoms. The predicted octanol–water partition coefficient (Wildman–Crippen LogP) is 0.482. The van der Waals surface area contributed by atoms with Crippen molar-refractivity contribution in [2.45, 2.75) is 45.7 Å². The summed E-state index contributed by atoms with van der Waals surface area (Å²) in [4.78, 5) is 33.0. The molecule has 3 heterocycles. The van der Waals surface area contributed by atoms with Crippen LogP contribution in [0.25, 0.3) is 0 Å². The summed E-state index contributed by atoms with van der Waals surface area (Å²) in [6.07, 6.45) is 2.30. The standard InChI is InChI=1S/C18H32N4O2/c1-14-12-22(15(2)18(24)21-6-4-5-7-21)13-17(14)20-10-8-19(9-11-20)16(3)23/h14-15,17H,4-13H2,1-3H3. The van der Waals surface area contributed by atoms with Crippen molar-refractivity contribution in [3.05, 3.63) is 0 Å². The van der Waals surface area contributed by atoms with Crippen LogP contribution in [0.5, 0.6) is 0 Å². The monoisotopic (exact) mass is 336 g/mol. The van der Waals surface area contributed by atoms with E-state index in [0.717, 1.165) is 65.2 Å². The van der Waals surface area contributed by atoms with Crippen LogP contribution in [0.3, 0.4) is 0 Å². The molecule has 136 valence electrons. The third kappa shape index (κ3) is 3.59. The molecule has 0 aromatic carbocycles. The Morgan fingerprint density at radius 1 is 0.917 bits per heavy atom. The highest BCUT2D eigenvalue weighted by Gasteiger charge is 2.39. The molecule has 0 aliphatic carbocycles. The van der Waals surface area contributed by atoms with E-state index < -0.39 is 0 Å². The number of carbonyl (C=O) groups excluding carboxylic acids is 2. The highest BCUT2D eigenvalue weighted by atomic mass is 16.2. The fourth-order valence-electron chi connectivity index (χ4n) is 4.50. The zero-order chi connectivity index (χ0) is 17.3. The lowest BCUT2D eigenvalue weighted by atomic mass is 10.0. The van der Waals surface area contributed by atoms with Crippen molar-refractivity contribution in [1.29, 1.82) is 0 Å². The van der Waals surface area contributed by atoms with E-state index in [0.29, 0.717) is 17.9 Å². The van der Waals surface area contributed by atoms with E-state index in [1.807, 2.05) is 9.80 Å². The lowest BCUT2D eigenvalue weighted by Gasteiger charge is -2.39. The first-order valence-electron chi connectivity index (χ1n) is 9.49. The van der Waals surface area contributed by atoms with Crippen molar-refractivity contribution in [3.8, 4) is 0 Å². The molecule has 0 aromatic heterocycles. The Bertz CT molecular complexity index is 470. The van der Waals surface area contributed by atoms with E-state index in [2.05, 4.69) is 23.6 Å². The van der Waals surface area contributed by atoms with Crippen LogP contribution in [0.15, 0.2) is 0 Å². The number of hydrogen-bond donors (Lipinski definition) is 0. The molecule has 0 bridgehead atoms. The molecule has 0 saturated carbocycles. The summed E-state index contributed by atoms with van der Waals surface area (Å²) in [6, 6.07) is 0.502. The highest BCUT2D eigenvalue weighted by molar-refractivity contribution is 5.81.